The maximum atomic E-state index is 8.53. The Morgan fingerprint density at radius 1 is 1.47 bits per heavy atom. The average Bonchev–Trinajstić information content (AvgIpc) is 2.88. The average molecular weight is 204 g/mol. The normalized spacial score (nSPS) is 10.1. The predicted molar refractivity (Wildman–Crippen MR) is 48.1 cm³/mol. The van der Waals surface area contributed by atoms with Crippen molar-refractivity contribution in [3.8, 4) is 6.07 Å². The molecule has 0 unspecified atom stereocenters. The molecule has 0 saturated heterocycles. The molecule has 0 aliphatic rings. The van der Waals surface area contributed by atoms with E-state index in [1.54, 1.807) is 12.1 Å². The molecular formula is C8H8N6O. The van der Waals surface area contributed by atoms with Crippen LogP contribution in [-0.4, -0.2) is 20.6 Å². The van der Waals surface area contributed by atoms with Crippen LogP contribution in [0.25, 0.3) is 0 Å². The molecule has 2 N–H and O–H groups in total. The van der Waals surface area contributed by atoms with E-state index >= 15 is 0 Å². The second-order valence-electron chi connectivity index (χ2n) is 2.81. The molecule has 0 atom stereocenters. The number of rotatable bonds is 4. The van der Waals surface area contributed by atoms with Crippen molar-refractivity contribution in [3.05, 3.63) is 29.5 Å². The monoisotopic (exact) mass is 204 g/mol. The minimum Gasteiger partial charge on any atom is -0.449 e. The molecule has 2 aromatic rings. The number of nitriles is 1. The van der Waals surface area contributed by atoms with Gasteiger partial charge in [-0.15, -0.1) is 10.2 Å². The molecule has 0 aromatic carbocycles. The molecule has 2 aromatic heterocycles. The van der Waals surface area contributed by atoms with Crippen LogP contribution in [0.1, 0.15) is 17.3 Å². The Bertz CT molecular complexity index is 454. The number of aromatic nitrogens is 4. The molecule has 0 radical (unpaired) electrons. The molecule has 2 rings (SSSR count). The van der Waals surface area contributed by atoms with E-state index in [0.717, 1.165) is 0 Å². The van der Waals surface area contributed by atoms with Crippen LogP contribution in [0, 0.1) is 11.3 Å². The smallest absolute Gasteiger partial charge is 0.203 e. The molecule has 7 heteroatoms. The number of furan rings is 1. The van der Waals surface area contributed by atoms with E-state index in [0.29, 0.717) is 30.4 Å². The summed E-state index contributed by atoms with van der Waals surface area (Å²) in [4.78, 5) is 0. The molecule has 76 valence electrons. The van der Waals surface area contributed by atoms with Gasteiger partial charge in [-0.3, -0.25) is 0 Å². The number of H-pyrrole nitrogens is 1. The lowest BCUT2D eigenvalue weighted by atomic mass is 10.4. The Labute approximate surface area is 85.1 Å². The van der Waals surface area contributed by atoms with E-state index in [4.69, 9.17) is 9.68 Å². The zero-order chi connectivity index (χ0) is 10.5. The van der Waals surface area contributed by atoms with E-state index in [2.05, 4.69) is 25.9 Å². The van der Waals surface area contributed by atoms with Crippen molar-refractivity contribution < 1.29 is 4.42 Å². The number of aromatic amines is 1. The molecule has 2 heterocycles. The van der Waals surface area contributed by atoms with Gasteiger partial charge in [-0.1, -0.05) is 5.21 Å². The molecule has 0 saturated carbocycles. The molecule has 15 heavy (non-hydrogen) atoms. The largest absolute Gasteiger partial charge is 0.449 e. The Morgan fingerprint density at radius 2 is 2.40 bits per heavy atom. The Kier molecular flexibility index (Phi) is 2.71. The third kappa shape index (κ3) is 2.38. The van der Waals surface area contributed by atoms with Gasteiger partial charge < -0.3 is 9.73 Å². The summed E-state index contributed by atoms with van der Waals surface area (Å²) < 4.78 is 5.16. The number of tetrazole rings is 1. The number of hydrogen-bond acceptors (Lipinski definition) is 6. The lowest BCUT2D eigenvalue weighted by Crippen LogP contribution is -2.13. The van der Waals surface area contributed by atoms with Gasteiger partial charge >= 0.3 is 0 Å². The number of nitrogens with one attached hydrogen (secondary N) is 2. The fourth-order valence-corrected chi connectivity index (χ4v) is 1.09. The first-order valence-corrected chi connectivity index (χ1v) is 4.30. The van der Waals surface area contributed by atoms with Crippen molar-refractivity contribution in [2.75, 3.05) is 0 Å². The summed E-state index contributed by atoms with van der Waals surface area (Å²) in [5.41, 5.74) is 0. The summed E-state index contributed by atoms with van der Waals surface area (Å²) in [6.07, 6.45) is 0. The van der Waals surface area contributed by atoms with E-state index in [9.17, 15) is 0 Å². The van der Waals surface area contributed by atoms with Crippen LogP contribution in [0.2, 0.25) is 0 Å². The van der Waals surface area contributed by atoms with Gasteiger partial charge in [0.05, 0.1) is 13.1 Å². The van der Waals surface area contributed by atoms with Crippen molar-refractivity contribution in [1.82, 2.24) is 25.9 Å². The van der Waals surface area contributed by atoms with E-state index in [1.807, 2.05) is 6.07 Å². The quantitative estimate of drug-likeness (QED) is 0.723. The summed E-state index contributed by atoms with van der Waals surface area (Å²) in [6.45, 7) is 1.02. The fourth-order valence-electron chi connectivity index (χ4n) is 1.09. The van der Waals surface area contributed by atoms with E-state index in [-0.39, 0.29) is 0 Å². The fraction of sp³-hybridized carbons (Fsp3) is 0.250. The zero-order valence-electron chi connectivity index (χ0n) is 7.77. The highest BCUT2D eigenvalue weighted by molar-refractivity contribution is 5.18. The summed E-state index contributed by atoms with van der Waals surface area (Å²) >= 11 is 0. The summed E-state index contributed by atoms with van der Waals surface area (Å²) in [6, 6.07) is 5.30. The lowest BCUT2D eigenvalue weighted by molar-refractivity contribution is 0.471. The third-order valence-electron chi connectivity index (χ3n) is 1.74. The minimum atomic E-state index is 0.311. The van der Waals surface area contributed by atoms with Crippen LogP contribution in [0.3, 0.4) is 0 Å². The van der Waals surface area contributed by atoms with Crippen LogP contribution in [0.15, 0.2) is 16.5 Å². The Hall–Kier alpha value is -2.20. The summed E-state index contributed by atoms with van der Waals surface area (Å²) in [7, 11) is 0. The highest BCUT2D eigenvalue weighted by atomic mass is 16.3. The summed E-state index contributed by atoms with van der Waals surface area (Å²) in [5, 5.41) is 24.9. The molecule has 0 aliphatic carbocycles. The Morgan fingerprint density at radius 3 is 3.07 bits per heavy atom. The minimum absolute atomic E-state index is 0.311. The van der Waals surface area contributed by atoms with Crippen molar-refractivity contribution >= 4 is 0 Å². The first-order chi connectivity index (χ1) is 7.38. The van der Waals surface area contributed by atoms with Crippen molar-refractivity contribution in [2.45, 2.75) is 13.1 Å². The standard InChI is InChI=1S/C8H8N6O/c9-3-6-1-2-7(15-6)4-10-5-8-11-13-14-12-8/h1-2,10H,4-5H2,(H,11,12,13,14). The molecule has 0 spiro atoms. The molecule has 0 fully saturated rings. The highest BCUT2D eigenvalue weighted by Crippen LogP contribution is 2.05. The third-order valence-corrected chi connectivity index (χ3v) is 1.74. The van der Waals surface area contributed by atoms with Gasteiger partial charge in [-0.25, -0.2) is 0 Å². The van der Waals surface area contributed by atoms with Crippen molar-refractivity contribution in [1.29, 1.82) is 5.26 Å². The topological polar surface area (TPSA) is 103 Å². The van der Waals surface area contributed by atoms with E-state index < -0.39 is 0 Å². The second kappa shape index (κ2) is 4.34. The summed E-state index contributed by atoms with van der Waals surface area (Å²) in [5.74, 6) is 1.60. The molecule has 7 nitrogen and oxygen atoms in total. The number of nitrogens with zero attached hydrogens (tertiary/aromatic N) is 4. The van der Waals surface area contributed by atoms with Gasteiger partial charge in [-0.2, -0.15) is 10.5 Å². The molecule has 0 amide bonds. The number of hydrogen-bond donors (Lipinski definition) is 2. The van der Waals surface area contributed by atoms with Crippen molar-refractivity contribution in [2.24, 2.45) is 0 Å². The predicted octanol–water partition coefficient (Wildman–Crippen LogP) is -0.0458. The van der Waals surface area contributed by atoms with Crippen LogP contribution in [0.5, 0.6) is 0 Å². The zero-order valence-corrected chi connectivity index (χ0v) is 7.77. The lowest BCUT2D eigenvalue weighted by Gasteiger charge is -1.97. The van der Waals surface area contributed by atoms with Crippen LogP contribution in [-0.2, 0) is 13.1 Å². The SMILES string of the molecule is N#Cc1ccc(CNCc2nn[nH]n2)o1. The molecule has 0 bridgehead atoms. The first kappa shape index (κ1) is 9.36. The van der Waals surface area contributed by atoms with Gasteiger partial charge in [0, 0.05) is 0 Å². The van der Waals surface area contributed by atoms with Gasteiger partial charge in [0.1, 0.15) is 11.8 Å². The van der Waals surface area contributed by atoms with Crippen molar-refractivity contribution in [3.63, 3.8) is 0 Å². The van der Waals surface area contributed by atoms with Gasteiger partial charge in [-0.05, 0) is 12.1 Å². The van der Waals surface area contributed by atoms with Crippen LogP contribution < -0.4 is 5.32 Å². The Balaban J connectivity index is 1.81. The maximum absolute atomic E-state index is 8.53. The highest BCUT2D eigenvalue weighted by Gasteiger charge is 2.01. The second-order valence-corrected chi connectivity index (χ2v) is 2.81. The van der Waals surface area contributed by atoms with Crippen LogP contribution >= 0.6 is 0 Å². The van der Waals surface area contributed by atoms with Gasteiger partial charge in [0.15, 0.2) is 5.82 Å². The van der Waals surface area contributed by atoms with E-state index in [1.165, 1.54) is 0 Å². The molecular weight excluding hydrogens is 196 g/mol. The van der Waals surface area contributed by atoms with Gasteiger partial charge in [0.2, 0.25) is 5.76 Å². The molecule has 0 aliphatic heterocycles. The first-order valence-electron chi connectivity index (χ1n) is 4.30. The maximum Gasteiger partial charge on any atom is 0.203 e. The van der Waals surface area contributed by atoms with Crippen LogP contribution in [0.4, 0.5) is 0 Å². The van der Waals surface area contributed by atoms with Gasteiger partial charge in [0.25, 0.3) is 0 Å².